The molecule has 1 amide bonds. The van der Waals surface area contributed by atoms with E-state index in [1.165, 1.54) is 0 Å². The third kappa shape index (κ3) is 3.46. The number of nitrogens with one attached hydrogen (secondary N) is 1. The van der Waals surface area contributed by atoms with Crippen molar-refractivity contribution in [3.8, 4) is 0 Å². The van der Waals surface area contributed by atoms with Gasteiger partial charge in [0.1, 0.15) is 0 Å². The number of nitrogens with two attached hydrogens (primary N) is 1. The van der Waals surface area contributed by atoms with E-state index in [0.717, 1.165) is 19.4 Å². The Morgan fingerprint density at radius 1 is 1.50 bits per heavy atom. The summed E-state index contributed by atoms with van der Waals surface area (Å²) in [6.07, 6.45) is 2.25. The summed E-state index contributed by atoms with van der Waals surface area (Å²) in [7, 11) is 0. The lowest BCUT2D eigenvalue weighted by Gasteiger charge is -2.28. The van der Waals surface area contributed by atoms with E-state index in [0.29, 0.717) is 0 Å². The second-order valence-electron chi connectivity index (χ2n) is 5.69. The first-order valence-electron chi connectivity index (χ1n) is 6.00. The Morgan fingerprint density at radius 2 is 2.12 bits per heavy atom. The summed E-state index contributed by atoms with van der Waals surface area (Å²) < 4.78 is 5.53. The van der Waals surface area contributed by atoms with Gasteiger partial charge in [-0.15, -0.1) is 0 Å². The van der Waals surface area contributed by atoms with Crippen LogP contribution in [0.4, 0.5) is 0 Å². The molecule has 0 radical (unpaired) electrons. The van der Waals surface area contributed by atoms with Crippen LogP contribution in [0.2, 0.25) is 0 Å². The smallest absolute Gasteiger partial charge is 0.237 e. The van der Waals surface area contributed by atoms with Gasteiger partial charge in [0.15, 0.2) is 0 Å². The number of hydrogen-bond donors (Lipinski definition) is 2. The molecule has 16 heavy (non-hydrogen) atoms. The summed E-state index contributed by atoms with van der Waals surface area (Å²) in [4.78, 5) is 11.9. The van der Waals surface area contributed by atoms with E-state index in [2.05, 4.69) is 5.32 Å². The van der Waals surface area contributed by atoms with E-state index in [9.17, 15) is 4.79 Å². The van der Waals surface area contributed by atoms with Gasteiger partial charge in [0, 0.05) is 6.61 Å². The molecule has 1 heterocycles. The van der Waals surface area contributed by atoms with Crippen LogP contribution >= 0.6 is 0 Å². The summed E-state index contributed by atoms with van der Waals surface area (Å²) in [5.74, 6) is -0.0875. The van der Waals surface area contributed by atoms with Crippen molar-refractivity contribution in [3.05, 3.63) is 0 Å². The van der Waals surface area contributed by atoms with Crippen molar-refractivity contribution >= 4 is 5.91 Å². The van der Waals surface area contributed by atoms with Crippen LogP contribution in [-0.4, -0.2) is 30.7 Å². The van der Waals surface area contributed by atoms with Crippen LogP contribution in [0, 0.1) is 5.41 Å². The van der Waals surface area contributed by atoms with E-state index in [1.54, 1.807) is 0 Å². The molecular formula is C12H24N2O2. The number of carbonyl (C=O) groups is 1. The van der Waals surface area contributed by atoms with Gasteiger partial charge in [-0.2, -0.15) is 0 Å². The zero-order chi connectivity index (χ0) is 12.3. The van der Waals surface area contributed by atoms with Crippen molar-refractivity contribution < 1.29 is 9.53 Å². The average Bonchev–Trinajstić information content (AvgIpc) is 2.67. The van der Waals surface area contributed by atoms with Gasteiger partial charge in [-0.25, -0.2) is 0 Å². The molecule has 4 nitrogen and oxygen atoms in total. The first-order chi connectivity index (χ1) is 7.32. The van der Waals surface area contributed by atoms with Crippen LogP contribution in [0.15, 0.2) is 0 Å². The van der Waals surface area contributed by atoms with E-state index < -0.39 is 6.04 Å². The van der Waals surface area contributed by atoms with Gasteiger partial charge in [0.25, 0.3) is 0 Å². The molecule has 0 aromatic carbocycles. The molecule has 1 aliphatic rings. The molecule has 4 heteroatoms. The predicted octanol–water partition coefficient (Wildman–Crippen LogP) is 1.04. The highest BCUT2D eigenvalue weighted by Crippen LogP contribution is 2.19. The van der Waals surface area contributed by atoms with Crippen LogP contribution in [-0.2, 0) is 9.53 Å². The molecule has 0 aromatic rings. The first-order valence-corrected chi connectivity index (χ1v) is 6.00. The topological polar surface area (TPSA) is 64.4 Å². The molecule has 0 bridgehead atoms. The van der Waals surface area contributed by atoms with Crippen molar-refractivity contribution in [2.75, 3.05) is 6.61 Å². The monoisotopic (exact) mass is 228 g/mol. The maximum atomic E-state index is 11.9. The normalized spacial score (nSPS) is 25.2. The van der Waals surface area contributed by atoms with Gasteiger partial charge in [0.05, 0.1) is 18.2 Å². The van der Waals surface area contributed by atoms with Gasteiger partial charge in [-0.1, -0.05) is 20.8 Å². The quantitative estimate of drug-likeness (QED) is 0.758. The van der Waals surface area contributed by atoms with Crippen LogP contribution in [0.5, 0.6) is 0 Å². The molecule has 94 valence electrons. The molecule has 1 fully saturated rings. The minimum absolute atomic E-state index is 0.0448. The number of ether oxygens (including phenoxy) is 1. The van der Waals surface area contributed by atoms with Crippen LogP contribution < -0.4 is 11.1 Å². The van der Waals surface area contributed by atoms with Gasteiger partial charge >= 0.3 is 0 Å². The summed E-state index contributed by atoms with van der Waals surface area (Å²) in [5.41, 5.74) is 5.68. The fourth-order valence-electron chi connectivity index (χ4n) is 1.80. The summed E-state index contributed by atoms with van der Waals surface area (Å²) >= 11 is 0. The maximum Gasteiger partial charge on any atom is 0.237 e. The number of hydrogen-bond acceptors (Lipinski definition) is 3. The molecule has 1 saturated heterocycles. The van der Waals surface area contributed by atoms with Crippen molar-refractivity contribution in [3.63, 3.8) is 0 Å². The minimum atomic E-state index is -0.476. The van der Waals surface area contributed by atoms with Crippen molar-refractivity contribution in [2.45, 2.75) is 58.7 Å². The third-order valence-electron chi connectivity index (χ3n) is 3.11. The lowest BCUT2D eigenvalue weighted by atomic mass is 9.86. The Bertz CT molecular complexity index is 242. The van der Waals surface area contributed by atoms with Crippen molar-refractivity contribution in [1.82, 2.24) is 5.32 Å². The Hall–Kier alpha value is -0.610. The summed E-state index contributed by atoms with van der Waals surface area (Å²) in [6.45, 7) is 8.68. The molecule has 1 rings (SSSR count). The molecule has 0 aliphatic carbocycles. The molecule has 3 unspecified atom stereocenters. The average molecular weight is 228 g/mol. The maximum absolute atomic E-state index is 11.9. The van der Waals surface area contributed by atoms with Gasteiger partial charge in [-0.3, -0.25) is 4.79 Å². The van der Waals surface area contributed by atoms with Gasteiger partial charge in [-0.05, 0) is 25.2 Å². The second-order valence-corrected chi connectivity index (χ2v) is 5.69. The highest BCUT2D eigenvalue weighted by molar-refractivity contribution is 5.82. The zero-order valence-corrected chi connectivity index (χ0v) is 10.7. The van der Waals surface area contributed by atoms with E-state index in [1.807, 2.05) is 27.7 Å². The Balaban J connectivity index is 2.44. The minimum Gasteiger partial charge on any atom is -0.376 e. The van der Waals surface area contributed by atoms with E-state index >= 15 is 0 Å². The third-order valence-corrected chi connectivity index (χ3v) is 3.11. The summed E-state index contributed by atoms with van der Waals surface area (Å²) in [6, 6.07) is -0.431. The van der Waals surface area contributed by atoms with E-state index in [4.69, 9.17) is 10.5 Å². The Kier molecular flexibility index (Phi) is 4.33. The number of carbonyl (C=O) groups excluding carboxylic acids is 1. The Morgan fingerprint density at radius 3 is 2.56 bits per heavy atom. The zero-order valence-electron chi connectivity index (χ0n) is 10.7. The molecular weight excluding hydrogens is 204 g/mol. The van der Waals surface area contributed by atoms with Crippen molar-refractivity contribution in [1.29, 1.82) is 0 Å². The van der Waals surface area contributed by atoms with Gasteiger partial charge < -0.3 is 15.8 Å². The highest BCUT2D eigenvalue weighted by Gasteiger charge is 2.30. The van der Waals surface area contributed by atoms with Crippen LogP contribution in [0.1, 0.15) is 40.5 Å². The molecule has 0 saturated carbocycles. The molecule has 3 atom stereocenters. The lowest BCUT2D eigenvalue weighted by Crippen LogP contribution is -2.53. The SMILES string of the molecule is CC(NC(=O)C(N)C(C)(C)C)C1CCCO1. The largest absolute Gasteiger partial charge is 0.376 e. The van der Waals surface area contributed by atoms with Crippen LogP contribution in [0.25, 0.3) is 0 Å². The fourth-order valence-corrected chi connectivity index (χ4v) is 1.80. The predicted molar refractivity (Wildman–Crippen MR) is 64.0 cm³/mol. The van der Waals surface area contributed by atoms with Crippen molar-refractivity contribution in [2.24, 2.45) is 11.1 Å². The molecule has 3 N–H and O–H groups in total. The number of amides is 1. The van der Waals surface area contributed by atoms with E-state index in [-0.39, 0.29) is 23.5 Å². The second kappa shape index (κ2) is 5.15. The standard InChI is InChI=1S/C12H24N2O2/c1-8(9-6-5-7-16-9)14-11(15)10(13)12(2,3)4/h8-10H,5-7,13H2,1-4H3,(H,14,15). The van der Waals surface area contributed by atoms with Crippen LogP contribution in [0.3, 0.4) is 0 Å². The first kappa shape index (κ1) is 13.5. The highest BCUT2D eigenvalue weighted by atomic mass is 16.5. The molecule has 0 spiro atoms. The summed E-state index contributed by atoms with van der Waals surface area (Å²) in [5, 5.41) is 2.94. The Labute approximate surface area is 97.9 Å². The molecule has 1 aliphatic heterocycles. The van der Waals surface area contributed by atoms with Gasteiger partial charge in [0.2, 0.25) is 5.91 Å². The molecule has 0 aromatic heterocycles. The number of rotatable bonds is 3. The fraction of sp³-hybridized carbons (Fsp3) is 0.917. The lowest BCUT2D eigenvalue weighted by molar-refractivity contribution is -0.126.